The van der Waals surface area contributed by atoms with Crippen LogP contribution in [0.4, 0.5) is 0 Å². The van der Waals surface area contributed by atoms with Crippen molar-refractivity contribution in [2.24, 2.45) is 11.3 Å². The summed E-state index contributed by atoms with van der Waals surface area (Å²) in [6.45, 7) is 11.9. The third-order valence-electron chi connectivity index (χ3n) is 2.54. The summed E-state index contributed by atoms with van der Waals surface area (Å²) < 4.78 is 5.21. The summed E-state index contributed by atoms with van der Waals surface area (Å²) in [6, 6.07) is 0. The standard InChI is InChI=1S/C13H22N2O2/c1-8(2)11(9(3)16)12-14-10(15-17-12)7-13(4,5)6/h8,11H,7H2,1-6H3. The van der Waals surface area contributed by atoms with Crippen molar-refractivity contribution >= 4 is 5.78 Å². The molecule has 1 rings (SSSR count). The highest BCUT2D eigenvalue weighted by atomic mass is 16.5. The highest BCUT2D eigenvalue weighted by Gasteiger charge is 2.27. The van der Waals surface area contributed by atoms with Gasteiger partial charge in [0.15, 0.2) is 5.82 Å². The third kappa shape index (κ3) is 3.95. The van der Waals surface area contributed by atoms with E-state index in [1.807, 2.05) is 13.8 Å². The zero-order chi connectivity index (χ0) is 13.2. The molecule has 0 N–H and O–H groups in total. The van der Waals surface area contributed by atoms with Crippen LogP contribution in [-0.2, 0) is 11.2 Å². The Morgan fingerprint density at radius 3 is 2.35 bits per heavy atom. The monoisotopic (exact) mass is 238 g/mol. The summed E-state index contributed by atoms with van der Waals surface area (Å²) in [4.78, 5) is 15.9. The molecule has 0 aliphatic heterocycles. The first-order valence-electron chi connectivity index (χ1n) is 6.03. The van der Waals surface area contributed by atoms with Crippen molar-refractivity contribution in [1.82, 2.24) is 10.1 Å². The van der Waals surface area contributed by atoms with Crippen LogP contribution in [0.25, 0.3) is 0 Å². The van der Waals surface area contributed by atoms with E-state index in [2.05, 4.69) is 30.9 Å². The van der Waals surface area contributed by atoms with E-state index >= 15 is 0 Å². The average Bonchev–Trinajstić information content (AvgIpc) is 2.47. The average molecular weight is 238 g/mol. The zero-order valence-corrected chi connectivity index (χ0v) is 11.6. The van der Waals surface area contributed by atoms with Gasteiger partial charge in [-0.25, -0.2) is 0 Å². The number of rotatable bonds is 4. The van der Waals surface area contributed by atoms with E-state index in [9.17, 15) is 4.79 Å². The summed E-state index contributed by atoms with van der Waals surface area (Å²) in [5.74, 6) is 1.10. The van der Waals surface area contributed by atoms with Gasteiger partial charge in [-0.3, -0.25) is 4.79 Å². The highest BCUT2D eigenvalue weighted by Crippen LogP contribution is 2.25. The smallest absolute Gasteiger partial charge is 0.237 e. The fourth-order valence-electron chi connectivity index (χ4n) is 1.87. The maximum Gasteiger partial charge on any atom is 0.237 e. The Labute approximate surface area is 103 Å². The van der Waals surface area contributed by atoms with Gasteiger partial charge in [0.05, 0.1) is 5.92 Å². The lowest BCUT2D eigenvalue weighted by atomic mass is 9.91. The van der Waals surface area contributed by atoms with E-state index in [0.29, 0.717) is 11.7 Å². The van der Waals surface area contributed by atoms with Gasteiger partial charge in [-0.05, 0) is 18.3 Å². The Morgan fingerprint density at radius 2 is 1.94 bits per heavy atom. The number of carbonyl (C=O) groups is 1. The molecule has 4 nitrogen and oxygen atoms in total. The lowest BCUT2D eigenvalue weighted by Gasteiger charge is -2.14. The van der Waals surface area contributed by atoms with Crippen molar-refractivity contribution in [2.75, 3.05) is 0 Å². The maximum atomic E-state index is 11.6. The Kier molecular flexibility index (Phi) is 4.07. The van der Waals surface area contributed by atoms with E-state index in [-0.39, 0.29) is 23.0 Å². The van der Waals surface area contributed by atoms with Gasteiger partial charge in [0.25, 0.3) is 0 Å². The number of hydrogen-bond donors (Lipinski definition) is 0. The second-order valence-corrected chi connectivity index (χ2v) is 6.12. The molecule has 0 radical (unpaired) electrons. The van der Waals surface area contributed by atoms with Gasteiger partial charge < -0.3 is 4.52 Å². The fraction of sp³-hybridized carbons (Fsp3) is 0.769. The van der Waals surface area contributed by atoms with E-state index in [1.54, 1.807) is 6.92 Å². The van der Waals surface area contributed by atoms with Crippen LogP contribution in [0, 0.1) is 11.3 Å². The summed E-state index contributed by atoms with van der Waals surface area (Å²) in [6.07, 6.45) is 0.749. The summed E-state index contributed by atoms with van der Waals surface area (Å²) in [5, 5.41) is 3.95. The maximum absolute atomic E-state index is 11.6. The Balaban J connectivity index is 2.89. The molecule has 0 saturated heterocycles. The minimum Gasteiger partial charge on any atom is -0.339 e. The van der Waals surface area contributed by atoms with Crippen LogP contribution in [0.1, 0.15) is 59.2 Å². The molecule has 0 fully saturated rings. The highest BCUT2D eigenvalue weighted by molar-refractivity contribution is 5.82. The molecular formula is C13H22N2O2. The molecule has 0 amide bonds. The van der Waals surface area contributed by atoms with Gasteiger partial charge >= 0.3 is 0 Å². The van der Waals surface area contributed by atoms with Gasteiger partial charge in [0.2, 0.25) is 5.89 Å². The second-order valence-electron chi connectivity index (χ2n) is 6.12. The molecular weight excluding hydrogens is 216 g/mol. The normalized spacial score (nSPS) is 14.1. The lowest BCUT2D eigenvalue weighted by molar-refractivity contribution is -0.119. The van der Waals surface area contributed by atoms with Gasteiger partial charge in [-0.15, -0.1) is 0 Å². The van der Waals surface area contributed by atoms with Crippen molar-refractivity contribution in [2.45, 2.75) is 53.9 Å². The Hall–Kier alpha value is -1.19. The number of nitrogens with zero attached hydrogens (tertiary/aromatic N) is 2. The molecule has 0 bridgehead atoms. The fourth-order valence-corrected chi connectivity index (χ4v) is 1.87. The first kappa shape index (κ1) is 13.9. The molecule has 17 heavy (non-hydrogen) atoms. The number of Topliss-reactive ketones (excluding diaryl/α,β-unsaturated/α-hetero) is 1. The van der Waals surface area contributed by atoms with Gasteiger partial charge in [-0.2, -0.15) is 4.98 Å². The van der Waals surface area contributed by atoms with E-state index in [4.69, 9.17) is 4.52 Å². The molecule has 1 aromatic rings. The molecule has 0 saturated carbocycles. The van der Waals surface area contributed by atoms with E-state index in [1.165, 1.54) is 0 Å². The SMILES string of the molecule is CC(=O)C(c1nc(CC(C)(C)C)no1)C(C)C. The van der Waals surface area contributed by atoms with Crippen LogP contribution < -0.4 is 0 Å². The van der Waals surface area contributed by atoms with Crippen molar-refractivity contribution in [3.05, 3.63) is 11.7 Å². The van der Waals surface area contributed by atoms with Crippen LogP contribution >= 0.6 is 0 Å². The number of ketones is 1. The minimum atomic E-state index is -0.281. The molecule has 0 aliphatic rings. The predicted octanol–water partition coefficient (Wildman–Crippen LogP) is 2.99. The van der Waals surface area contributed by atoms with Crippen molar-refractivity contribution in [3.8, 4) is 0 Å². The third-order valence-corrected chi connectivity index (χ3v) is 2.54. The summed E-state index contributed by atoms with van der Waals surface area (Å²) in [5.41, 5.74) is 0.116. The zero-order valence-electron chi connectivity index (χ0n) is 11.6. The molecule has 0 aromatic carbocycles. The van der Waals surface area contributed by atoms with Crippen LogP contribution in [0.3, 0.4) is 0 Å². The van der Waals surface area contributed by atoms with Crippen LogP contribution in [0.15, 0.2) is 4.52 Å². The predicted molar refractivity (Wildman–Crippen MR) is 65.7 cm³/mol. The number of aromatic nitrogens is 2. The first-order chi connectivity index (χ1) is 7.70. The lowest BCUT2D eigenvalue weighted by Crippen LogP contribution is -2.16. The Morgan fingerprint density at radius 1 is 1.35 bits per heavy atom. The van der Waals surface area contributed by atoms with Crippen molar-refractivity contribution < 1.29 is 9.32 Å². The first-order valence-corrected chi connectivity index (χ1v) is 6.03. The molecule has 1 heterocycles. The van der Waals surface area contributed by atoms with Gasteiger partial charge in [0.1, 0.15) is 5.78 Å². The molecule has 96 valence electrons. The van der Waals surface area contributed by atoms with Crippen LogP contribution in [0.5, 0.6) is 0 Å². The number of carbonyl (C=O) groups excluding carboxylic acids is 1. The summed E-state index contributed by atoms with van der Waals surface area (Å²) >= 11 is 0. The van der Waals surface area contributed by atoms with E-state index in [0.717, 1.165) is 6.42 Å². The molecule has 1 atom stereocenters. The Bertz CT molecular complexity index is 388. The number of hydrogen-bond acceptors (Lipinski definition) is 4. The molecule has 0 spiro atoms. The quantitative estimate of drug-likeness (QED) is 0.809. The molecule has 1 aromatic heterocycles. The molecule has 1 unspecified atom stereocenters. The van der Waals surface area contributed by atoms with Gasteiger partial charge in [-0.1, -0.05) is 39.8 Å². The van der Waals surface area contributed by atoms with Crippen LogP contribution in [-0.4, -0.2) is 15.9 Å². The topological polar surface area (TPSA) is 56.0 Å². The van der Waals surface area contributed by atoms with Gasteiger partial charge in [0, 0.05) is 6.42 Å². The van der Waals surface area contributed by atoms with E-state index < -0.39 is 0 Å². The molecule has 4 heteroatoms. The largest absolute Gasteiger partial charge is 0.339 e. The van der Waals surface area contributed by atoms with Crippen molar-refractivity contribution in [1.29, 1.82) is 0 Å². The minimum absolute atomic E-state index is 0.0750. The second kappa shape index (κ2) is 4.98. The van der Waals surface area contributed by atoms with Crippen molar-refractivity contribution in [3.63, 3.8) is 0 Å². The van der Waals surface area contributed by atoms with Crippen LogP contribution in [0.2, 0.25) is 0 Å². The molecule has 0 aliphatic carbocycles. The summed E-state index contributed by atoms with van der Waals surface area (Å²) in [7, 11) is 0.